The highest BCUT2D eigenvalue weighted by molar-refractivity contribution is 9.10. The standard InChI is InChI=1S/C15H21BrN4O/c1-2-19-6-8-20(9-7-19)12-15(21)18-17-11-13-4-3-5-14(16)10-13/h3-5,10-11H,2,6-9,12H2,1H3,(H,18,21)/b17-11-. The highest BCUT2D eigenvalue weighted by Crippen LogP contribution is 2.09. The van der Waals surface area contributed by atoms with Gasteiger partial charge in [0, 0.05) is 30.7 Å². The van der Waals surface area contributed by atoms with Crippen molar-refractivity contribution in [1.82, 2.24) is 15.2 Å². The summed E-state index contributed by atoms with van der Waals surface area (Å²) in [4.78, 5) is 16.4. The Bertz CT molecular complexity index is 498. The minimum absolute atomic E-state index is 0.0637. The van der Waals surface area contributed by atoms with Crippen LogP contribution < -0.4 is 5.43 Å². The van der Waals surface area contributed by atoms with Gasteiger partial charge >= 0.3 is 0 Å². The van der Waals surface area contributed by atoms with E-state index < -0.39 is 0 Å². The summed E-state index contributed by atoms with van der Waals surface area (Å²) in [5.41, 5.74) is 3.53. The van der Waals surface area contributed by atoms with Crippen LogP contribution in [0, 0.1) is 0 Å². The zero-order valence-electron chi connectivity index (χ0n) is 12.3. The quantitative estimate of drug-likeness (QED) is 0.645. The molecule has 1 aliphatic heterocycles. The second-order valence-electron chi connectivity index (χ2n) is 5.06. The Hall–Kier alpha value is -1.24. The van der Waals surface area contributed by atoms with Gasteiger partial charge in [0.05, 0.1) is 12.8 Å². The van der Waals surface area contributed by atoms with E-state index in [1.54, 1.807) is 6.21 Å². The summed E-state index contributed by atoms with van der Waals surface area (Å²) in [6.45, 7) is 7.60. The smallest absolute Gasteiger partial charge is 0.254 e. The third kappa shape index (κ3) is 5.57. The molecule has 1 saturated heterocycles. The average Bonchev–Trinajstić information content (AvgIpc) is 2.48. The number of hydrogen-bond donors (Lipinski definition) is 1. The maximum atomic E-state index is 11.8. The molecule has 0 bridgehead atoms. The first-order valence-electron chi connectivity index (χ1n) is 7.19. The average molecular weight is 353 g/mol. The third-order valence-corrected chi connectivity index (χ3v) is 4.02. The fourth-order valence-corrected chi connectivity index (χ4v) is 2.68. The number of benzene rings is 1. The summed E-state index contributed by atoms with van der Waals surface area (Å²) in [6, 6.07) is 7.76. The van der Waals surface area contributed by atoms with Crippen LogP contribution in [-0.4, -0.2) is 61.2 Å². The maximum absolute atomic E-state index is 11.8. The molecule has 0 unspecified atom stereocenters. The maximum Gasteiger partial charge on any atom is 0.254 e. The van der Waals surface area contributed by atoms with Gasteiger partial charge in [-0.25, -0.2) is 5.43 Å². The summed E-state index contributed by atoms with van der Waals surface area (Å²) in [7, 11) is 0. The fourth-order valence-electron chi connectivity index (χ4n) is 2.27. The van der Waals surface area contributed by atoms with Crippen molar-refractivity contribution in [1.29, 1.82) is 0 Å². The number of nitrogens with one attached hydrogen (secondary N) is 1. The van der Waals surface area contributed by atoms with Crippen molar-refractivity contribution in [3.05, 3.63) is 34.3 Å². The van der Waals surface area contributed by atoms with Crippen molar-refractivity contribution in [2.75, 3.05) is 39.3 Å². The molecular weight excluding hydrogens is 332 g/mol. The first-order chi connectivity index (χ1) is 10.2. The van der Waals surface area contributed by atoms with Crippen LogP contribution in [0.5, 0.6) is 0 Å². The van der Waals surface area contributed by atoms with E-state index in [1.807, 2.05) is 24.3 Å². The van der Waals surface area contributed by atoms with E-state index in [0.29, 0.717) is 6.54 Å². The van der Waals surface area contributed by atoms with Gasteiger partial charge in [-0.05, 0) is 24.2 Å². The SMILES string of the molecule is CCN1CCN(CC(=O)N/N=C\c2cccc(Br)c2)CC1. The van der Waals surface area contributed by atoms with Crippen LogP contribution in [0.2, 0.25) is 0 Å². The number of hydrogen-bond acceptors (Lipinski definition) is 4. The summed E-state index contributed by atoms with van der Waals surface area (Å²) >= 11 is 3.40. The Morgan fingerprint density at radius 1 is 1.33 bits per heavy atom. The molecule has 1 fully saturated rings. The topological polar surface area (TPSA) is 47.9 Å². The second-order valence-corrected chi connectivity index (χ2v) is 5.97. The van der Waals surface area contributed by atoms with Crippen LogP contribution in [0.15, 0.2) is 33.8 Å². The fraction of sp³-hybridized carbons (Fsp3) is 0.467. The Morgan fingerprint density at radius 3 is 2.71 bits per heavy atom. The number of carbonyl (C=O) groups excluding carboxylic acids is 1. The molecule has 2 rings (SSSR count). The van der Waals surface area contributed by atoms with Gasteiger partial charge in [-0.1, -0.05) is 35.0 Å². The Kier molecular flexibility index (Phi) is 6.35. The predicted molar refractivity (Wildman–Crippen MR) is 88.4 cm³/mol. The van der Waals surface area contributed by atoms with E-state index in [9.17, 15) is 4.79 Å². The van der Waals surface area contributed by atoms with Crippen molar-refractivity contribution in [2.45, 2.75) is 6.92 Å². The van der Waals surface area contributed by atoms with E-state index in [-0.39, 0.29) is 5.91 Å². The molecule has 0 aliphatic carbocycles. The molecule has 0 radical (unpaired) electrons. The lowest BCUT2D eigenvalue weighted by atomic mass is 10.2. The molecule has 114 valence electrons. The van der Waals surface area contributed by atoms with Gasteiger partial charge in [0.15, 0.2) is 0 Å². The number of hydrazone groups is 1. The van der Waals surface area contributed by atoms with Gasteiger partial charge in [-0.3, -0.25) is 9.69 Å². The van der Waals surface area contributed by atoms with Gasteiger partial charge in [0.25, 0.3) is 5.91 Å². The van der Waals surface area contributed by atoms with Crippen molar-refractivity contribution in [3.63, 3.8) is 0 Å². The molecule has 1 aromatic rings. The molecule has 6 heteroatoms. The number of likely N-dealkylation sites (N-methyl/N-ethyl adjacent to an activating group) is 1. The van der Waals surface area contributed by atoms with E-state index in [4.69, 9.17) is 0 Å². The lowest BCUT2D eigenvalue weighted by Gasteiger charge is -2.33. The molecule has 5 nitrogen and oxygen atoms in total. The molecule has 1 amide bonds. The molecule has 1 N–H and O–H groups in total. The van der Waals surface area contributed by atoms with Gasteiger partial charge < -0.3 is 4.90 Å². The minimum atomic E-state index is -0.0637. The van der Waals surface area contributed by atoms with E-state index in [0.717, 1.165) is 42.8 Å². The zero-order valence-corrected chi connectivity index (χ0v) is 13.8. The van der Waals surface area contributed by atoms with Gasteiger partial charge in [0.2, 0.25) is 0 Å². The van der Waals surface area contributed by atoms with E-state index in [2.05, 4.69) is 43.2 Å². The lowest BCUT2D eigenvalue weighted by Crippen LogP contribution is -2.48. The summed E-state index contributed by atoms with van der Waals surface area (Å²) in [6.07, 6.45) is 1.65. The van der Waals surface area contributed by atoms with Crippen LogP contribution in [0.3, 0.4) is 0 Å². The Balaban J connectivity index is 1.72. The molecule has 0 spiro atoms. The van der Waals surface area contributed by atoms with Gasteiger partial charge in [-0.15, -0.1) is 0 Å². The number of rotatable bonds is 5. The number of amides is 1. The van der Waals surface area contributed by atoms with Gasteiger partial charge in [0.1, 0.15) is 0 Å². The van der Waals surface area contributed by atoms with Crippen LogP contribution in [0.4, 0.5) is 0 Å². The van der Waals surface area contributed by atoms with Crippen molar-refractivity contribution in [2.24, 2.45) is 5.10 Å². The monoisotopic (exact) mass is 352 g/mol. The summed E-state index contributed by atoms with van der Waals surface area (Å²) < 4.78 is 0.992. The van der Waals surface area contributed by atoms with Crippen LogP contribution >= 0.6 is 15.9 Å². The summed E-state index contributed by atoms with van der Waals surface area (Å²) in [5, 5.41) is 4.00. The van der Waals surface area contributed by atoms with Crippen LogP contribution in [-0.2, 0) is 4.79 Å². The highest BCUT2D eigenvalue weighted by atomic mass is 79.9. The van der Waals surface area contributed by atoms with E-state index in [1.165, 1.54) is 0 Å². The number of piperazine rings is 1. The molecule has 1 aromatic carbocycles. The van der Waals surface area contributed by atoms with Gasteiger partial charge in [-0.2, -0.15) is 5.10 Å². The number of carbonyl (C=O) groups is 1. The summed E-state index contributed by atoms with van der Waals surface area (Å²) in [5.74, 6) is -0.0637. The molecule has 1 heterocycles. The first-order valence-corrected chi connectivity index (χ1v) is 7.99. The molecular formula is C15H21BrN4O. The van der Waals surface area contributed by atoms with E-state index >= 15 is 0 Å². The van der Waals surface area contributed by atoms with Crippen molar-refractivity contribution in [3.8, 4) is 0 Å². The normalized spacial score (nSPS) is 17.2. The highest BCUT2D eigenvalue weighted by Gasteiger charge is 2.17. The molecule has 1 aliphatic rings. The lowest BCUT2D eigenvalue weighted by molar-refractivity contribution is -0.122. The zero-order chi connectivity index (χ0) is 15.1. The van der Waals surface area contributed by atoms with Crippen molar-refractivity contribution >= 4 is 28.1 Å². The third-order valence-electron chi connectivity index (χ3n) is 3.53. The predicted octanol–water partition coefficient (Wildman–Crippen LogP) is 1.54. The first kappa shape index (κ1) is 16.1. The second kappa shape index (κ2) is 8.26. The Morgan fingerprint density at radius 2 is 2.05 bits per heavy atom. The largest absolute Gasteiger partial charge is 0.301 e. The molecule has 21 heavy (non-hydrogen) atoms. The Labute approximate surface area is 134 Å². The minimum Gasteiger partial charge on any atom is -0.301 e. The molecule has 0 aromatic heterocycles. The number of halogens is 1. The van der Waals surface area contributed by atoms with Crippen molar-refractivity contribution < 1.29 is 4.79 Å². The molecule has 0 atom stereocenters. The van der Waals surface area contributed by atoms with Crippen LogP contribution in [0.25, 0.3) is 0 Å². The molecule has 0 saturated carbocycles. The van der Waals surface area contributed by atoms with Crippen LogP contribution in [0.1, 0.15) is 12.5 Å². The number of nitrogens with zero attached hydrogens (tertiary/aromatic N) is 3.